The number of nitriles is 1. The van der Waals surface area contributed by atoms with Crippen LogP contribution in [0.2, 0.25) is 0 Å². The summed E-state index contributed by atoms with van der Waals surface area (Å²) in [4.78, 5) is 2.13. The number of hydrogen-bond donors (Lipinski definition) is 0. The largest absolute Gasteiger partial charge is 0.344 e. The van der Waals surface area contributed by atoms with Crippen LogP contribution >= 0.6 is 0 Å². The molecule has 1 aromatic rings. The Kier molecular flexibility index (Phi) is 2.33. The zero-order valence-electron chi connectivity index (χ0n) is 7.72. The van der Waals surface area contributed by atoms with Crippen LogP contribution in [0.15, 0.2) is 48.7 Å². The van der Waals surface area contributed by atoms with Crippen molar-refractivity contribution in [3.63, 3.8) is 0 Å². The van der Waals surface area contributed by atoms with Gasteiger partial charge < -0.3 is 4.90 Å². The molecule has 0 aliphatic carbocycles. The van der Waals surface area contributed by atoms with Crippen molar-refractivity contribution in [1.29, 1.82) is 5.26 Å². The smallest absolute Gasteiger partial charge is 0.0991 e. The summed E-state index contributed by atoms with van der Waals surface area (Å²) < 4.78 is 0. The molecule has 0 saturated carbocycles. The summed E-state index contributed by atoms with van der Waals surface area (Å²) in [5.74, 6) is 0. The van der Waals surface area contributed by atoms with Gasteiger partial charge in [0, 0.05) is 18.4 Å². The highest BCUT2D eigenvalue weighted by Crippen LogP contribution is 2.16. The topological polar surface area (TPSA) is 27.0 Å². The molecule has 14 heavy (non-hydrogen) atoms. The fourth-order valence-electron chi connectivity index (χ4n) is 1.39. The normalized spacial score (nSPS) is 14.1. The number of nitrogens with zero attached hydrogens (tertiary/aromatic N) is 2. The van der Waals surface area contributed by atoms with Gasteiger partial charge in [-0.1, -0.05) is 12.2 Å². The summed E-state index contributed by atoms with van der Waals surface area (Å²) in [5, 5.41) is 8.65. The lowest BCUT2D eigenvalue weighted by Crippen LogP contribution is -2.17. The van der Waals surface area contributed by atoms with Crippen LogP contribution < -0.4 is 4.90 Å². The van der Waals surface area contributed by atoms with E-state index in [1.165, 1.54) is 0 Å². The van der Waals surface area contributed by atoms with Gasteiger partial charge in [-0.2, -0.15) is 5.26 Å². The third kappa shape index (κ3) is 1.67. The van der Waals surface area contributed by atoms with Crippen molar-refractivity contribution in [3.8, 4) is 6.07 Å². The van der Waals surface area contributed by atoms with E-state index >= 15 is 0 Å². The first kappa shape index (κ1) is 8.58. The van der Waals surface area contributed by atoms with Crippen LogP contribution in [0.25, 0.3) is 0 Å². The van der Waals surface area contributed by atoms with Crippen molar-refractivity contribution in [2.75, 3.05) is 11.4 Å². The summed E-state index contributed by atoms with van der Waals surface area (Å²) >= 11 is 0. The van der Waals surface area contributed by atoms with Crippen LogP contribution in [0.1, 0.15) is 5.56 Å². The summed E-state index contributed by atoms with van der Waals surface area (Å²) in [6.45, 7) is 0.891. The Morgan fingerprint density at radius 2 is 1.93 bits per heavy atom. The molecule has 0 atom stereocenters. The van der Waals surface area contributed by atoms with Gasteiger partial charge in [-0.25, -0.2) is 0 Å². The average molecular weight is 182 g/mol. The summed E-state index contributed by atoms with van der Waals surface area (Å²) in [6, 6.07) is 9.70. The van der Waals surface area contributed by atoms with E-state index in [1.807, 2.05) is 42.6 Å². The molecule has 0 fully saturated rings. The Hall–Kier alpha value is -2.01. The monoisotopic (exact) mass is 182 g/mol. The van der Waals surface area contributed by atoms with Crippen molar-refractivity contribution >= 4 is 5.69 Å². The minimum atomic E-state index is 0.699. The van der Waals surface area contributed by atoms with Crippen LogP contribution in [-0.4, -0.2) is 6.54 Å². The molecule has 2 rings (SSSR count). The second-order valence-electron chi connectivity index (χ2n) is 3.08. The molecule has 0 unspecified atom stereocenters. The van der Waals surface area contributed by atoms with Crippen molar-refractivity contribution in [3.05, 3.63) is 54.3 Å². The molecule has 0 amide bonds. The van der Waals surface area contributed by atoms with Gasteiger partial charge in [0.15, 0.2) is 0 Å². The van der Waals surface area contributed by atoms with Crippen molar-refractivity contribution in [2.45, 2.75) is 0 Å². The van der Waals surface area contributed by atoms with Gasteiger partial charge in [0.2, 0.25) is 0 Å². The van der Waals surface area contributed by atoms with Gasteiger partial charge in [-0.05, 0) is 30.3 Å². The molecule has 0 aromatic heterocycles. The quantitative estimate of drug-likeness (QED) is 0.667. The fourth-order valence-corrected chi connectivity index (χ4v) is 1.39. The molecule has 0 spiro atoms. The fraction of sp³-hybridized carbons (Fsp3) is 0.0833. The van der Waals surface area contributed by atoms with Gasteiger partial charge >= 0.3 is 0 Å². The van der Waals surface area contributed by atoms with E-state index in [1.54, 1.807) is 0 Å². The molecular weight excluding hydrogens is 172 g/mol. The van der Waals surface area contributed by atoms with Gasteiger partial charge in [0.1, 0.15) is 0 Å². The van der Waals surface area contributed by atoms with Crippen LogP contribution in [0.5, 0.6) is 0 Å². The van der Waals surface area contributed by atoms with E-state index in [0.29, 0.717) is 5.56 Å². The van der Waals surface area contributed by atoms with Crippen LogP contribution in [-0.2, 0) is 0 Å². The predicted octanol–water partition coefficient (Wildman–Crippen LogP) is 2.45. The SMILES string of the molecule is N#Cc1ccc(N2C=CC=CC2)cc1. The highest BCUT2D eigenvalue weighted by atomic mass is 15.1. The lowest BCUT2D eigenvalue weighted by atomic mass is 10.2. The van der Waals surface area contributed by atoms with Gasteiger partial charge in [0.25, 0.3) is 0 Å². The highest BCUT2D eigenvalue weighted by Gasteiger charge is 2.02. The number of anilines is 1. The minimum absolute atomic E-state index is 0.699. The Bertz CT molecular complexity index is 407. The first-order chi connectivity index (χ1) is 6.90. The number of rotatable bonds is 1. The van der Waals surface area contributed by atoms with Gasteiger partial charge in [-0.15, -0.1) is 0 Å². The Balaban J connectivity index is 2.21. The molecule has 2 nitrogen and oxygen atoms in total. The predicted molar refractivity (Wildman–Crippen MR) is 56.8 cm³/mol. The second kappa shape index (κ2) is 3.80. The number of hydrogen-bond acceptors (Lipinski definition) is 2. The average Bonchev–Trinajstić information content (AvgIpc) is 2.30. The van der Waals surface area contributed by atoms with Crippen molar-refractivity contribution < 1.29 is 0 Å². The maximum atomic E-state index is 8.65. The summed E-state index contributed by atoms with van der Waals surface area (Å²) in [7, 11) is 0. The van der Waals surface area contributed by atoms with Gasteiger partial charge in [-0.3, -0.25) is 0 Å². The molecular formula is C12H10N2. The standard InChI is InChI=1S/C12H10N2/c13-10-11-4-6-12(7-5-11)14-8-2-1-3-9-14/h1-8H,9H2. The number of allylic oxidation sites excluding steroid dienone is 2. The van der Waals surface area contributed by atoms with Crippen LogP contribution in [0, 0.1) is 11.3 Å². The van der Waals surface area contributed by atoms with Crippen molar-refractivity contribution in [2.24, 2.45) is 0 Å². The molecule has 1 aliphatic rings. The maximum Gasteiger partial charge on any atom is 0.0991 e. The first-order valence-electron chi connectivity index (χ1n) is 4.50. The zero-order chi connectivity index (χ0) is 9.80. The summed E-state index contributed by atoms with van der Waals surface area (Å²) in [6.07, 6.45) is 8.15. The van der Waals surface area contributed by atoms with Gasteiger partial charge in [0.05, 0.1) is 11.6 Å². The molecule has 68 valence electrons. The van der Waals surface area contributed by atoms with Crippen LogP contribution in [0.3, 0.4) is 0 Å². The Morgan fingerprint density at radius 3 is 2.50 bits per heavy atom. The van der Waals surface area contributed by atoms with Crippen LogP contribution in [0.4, 0.5) is 5.69 Å². The minimum Gasteiger partial charge on any atom is -0.344 e. The zero-order valence-corrected chi connectivity index (χ0v) is 7.72. The molecule has 0 bridgehead atoms. The van der Waals surface area contributed by atoms with E-state index in [4.69, 9.17) is 5.26 Å². The number of benzene rings is 1. The third-order valence-corrected chi connectivity index (χ3v) is 2.14. The van der Waals surface area contributed by atoms with E-state index in [2.05, 4.69) is 17.0 Å². The third-order valence-electron chi connectivity index (χ3n) is 2.14. The first-order valence-corrected chi connectivity index (χ1v) is 4.50. The van der Waals surface area contributed by atoms with E-state index in [-0.39, 0.29) is 0 Å². The van der Waals surface area contributed by atoms with E-state index in [0.717, 1.165) is 12.2 Å². The molecule has 1 heterocycles. The molecule has 2 heteroatoms. The van der Waals surface area contributed by atoms with E-state index < -0.39 is 0 Å². The molecule has 0 N–H and O–H groups in total. The lowest BCUT2D eigenvalue weighted by Gasteiger charge is -2.20. The Morgan fingerprint density at radius 1 is 1.14 bits per heavy atom. The molecule has 1 aliphatic heterocycles. The highest BCUT2D eigenvalue weighted by molar-refractivity contribution is 5.53. The lowest BCUT2D eigenvalue weighted by molar-refractivity contribution is 1.07. The molecule has 1 aromatic carbocycles. The maximum absolute atomic E-state index is 8.65. The second-order valence-corrected chi connectivity index (χ2v) is 3.08. The molecule has 0 saturated heterocycles. The van der Waals surface area contributed by atoms with E-state index in [9.17, 15) is 0 Å². The Labute approximate surface area is 83.4 Å². The molecule has 0 radical (unpaired) electrons. The van der Waals surface area contributed by atoms with Crippen molar-refractivity contribution in [1.82, 2.24) is 0 Å². The summed E-state index contributed by atoms with van der Waals surface area (Å²) in [5.41, 5.74) is 1.81.